The Morgan fingerprint density at radius 1 is 1.41 bits per heavy atom. The van der Waals surface area contributed by atoms with Crippen molar-refractivity contribution in [3.63, 3.8) is 0 Å². The number of hydrogen-bond acceptors (Lipinski definition) is 5. The first-order chi connectivity index (χ1) is 10.6. The molecule has 0 aliphatic carbocycles. The third-order valence-electron chi connectivity index (χ3n) is 3.37. The first-order valence-corrected chi connectivity index (χ1v) is 6.90. The first-order valence-electron chi connectivity index (χ1n) is 6.90. The van der Waals surface area contributed by atoms with E-state index in [2.05, 4.69) is 20.7 Å². The van der Waals surface area contributed by atoms with Gasteiger partial charge in [0.2, 0.25) is 5.91 Å². The predicted octanol–water partition coefficient (Wildman–Crippen LogP) is 1.77. The second-order valence-corrected chi connectivity index (χ2v) is 5.07. The maximum atomic E-state index is 12.4. The molecule has 7 nitrogen and oxygen atoms in total. The van der Waals surface area contributed by atoms with E-state index in [4.69, 9.17) is 4.42 Å². The van der Waals surface area contributed by atoms with Crippen LogP contribution in [0.1, 0.15) is 17.5 Å². The molecule has 2 heterocycles. The fourth-order valence-electron chi connectivity index (χ4n) is 2.37. The third-order valence-corrected chi connectivity index (χ3v) is 3.37. The Balaban J connectivity index is 1.81. The summed E-state index contributed by atoms with van der Waals surface area (Å²) in [6.45, 7) is 1.79. The van der Waals surface area contributed by atoms with E-state index in [1.807, 2.05) is 13.2 Å². The second kappa shape index (κ2) is 5.61. The Morgan fingerprint density at radius 3 is 2.91 bits per heavy atom. The van der Waals surface area contributed by atoms with Crippen LogP contribution in [0.15, 0.2) is 35.0 Å². The lowest BCUT2D eigenvalue weighted by Crippen LogP contribution is -2.30. The van der Waals surface area contributed by atoms with Gasteiger partial charge in [0.25, 0.3) is 0 Å². The van der Waals surface area contributed by atoms with Gasteiger partial charge in [0.1, 0.15) is 11.6 Å². The zero-order chi connectivity index (χ0) is 15.7. The van der Waals surface area contributed by atoms with Crippen molar-refractivity contribution < 1.29 is 9.21 Å². The maximum absolute atomic E-state index is 12.4. The summed E-state index contributed by atoms with van der Waals surface area (Å²) in [5, 5.41) is 9.97. The van der Waals surface area contributed by atoms with Crippen LogP contribution in [0.25, 0.3) is 11.1 Å². The van der Waals surface area contributed by atoms with Crippen LogP contribution in [0.5, 0.6) is 0 Å². The minimum absolute atomic E-state index is 0.157. The molecule has 0 radical (unpaired) electrons. The maximum Gasteiger partial charge on any atom is 0.246 e. The number of anilines is 1. The number of aryl methyl sites for hydroxylation is 2. The molecule has 1 unspecified atom stereocenters. The molecule has 0 saturated heterocycles. The minimum Gasteiger partial charge on any atom is -0.441 e. The number of nitrogens with one attached hydrogen (secondary N) is 2. The third kappa shape index (κ3) is 2.71. The van der Waals surface area contributed by atoms with E-state index in [-0.39, 0.29) is 5.91 Å². The van der Waals surface area contributed by atoms with Gasteiger partial charge in [-0.05, 0) is 25.2 Å². The zero-order valence-corrected chi connectivity index (χ0v) is 12.6. The SMILES string of the molecule is CNC(C(=O)Nc1ccc2oc(C)nc2c1)c1cnn(C)c1. The van der Waals surface area contributed by atoms with Crippen molar-refractivity contribution in [2.24, 2.45) is 7.05 Å². The average Bonchev–Trinajstić information content (AvgIpc) is 3.04. The summed E-state index contributed by atoms with van der Waals surface area (Å²) < 4.78 is 7.09. The number of hydrogen-bond donors (Lipinski definition) is 2. The number of nitrogens with zero attached hydrogens (tertiary/aromatic N) is 3. The molecule has 2 N–H and O–H groups in total. The normalized spacial score (nSPS) is 12.5. The largest absolute Gasteiger partial charge is 0.441 e. The van der Waals surface area contributed by atoms with Gasteiger partial charge in [-0.3, -0.25) is 9.48 Å². The highest BCUT2D eigenvalue weighted by atomic mass is 16.3. The summed E-state index contributed by atoms with van der Waals surface area (Å²) in [6.07, 6.45) is 3.48. The Morgan fingerprint density at radius 2 is 2.23 bits per heavy atom. The van der Waals surface area contributed by atoms with Crippen molar-refractivity contribution in [1.82, 2.24) is 20.1 Å². The van der Waals surface area contributed by atoms with Gasteiger partial charge in [0.15, 0.2) is 11.5 Å². The fraction of sp³-hybridized carbons (Fsp3) is 0.267. The molecule has 0 saturated carbocycles. The van der Waals surface area contributed by atoms with E-state index < -0.39 is 6.04 Å². The summed E-state index contributed by atoms with van der Waals surface area (Å²) in [5.41, 5.74) is 2.90. The molecule has 3 rings (SSSR count). The minimum atomic E-state index is -0.469. The van der Waals surface area contributed by atoms with Crippen LogP contribution in [0.3, 0.4) is 0 Å². The number of carbonyl (C=O) groups excluding carboxylic acids is 1. The smallest absolute Gasteiger partial charge is 0.246 e. The van der Waals surface area contributed by atoms with Crippen molar-refractivity contribution >= 4 is 22.7 Å². The first kappa shape index (κ1) is 14.3. The standard InChI is InChI=1S/C15H17N5O2/c1-9-18-12-6-11(4-5-13(12)22-9)19-15(21)14(16-2)10-7-17-20(3)8-10/h4-8,14,16H,1-3H3,(H,19,21). The fourth-order valence-corrected chi connectivity index (χ4v) is 2.37. The molecule has 0 aliphatic heterocycles. The molecule has 3 aromatic rings. The molecule has 0 spiro atoms. The number of carbonyl (C=O) groups is 1. The molecule has 22 heavy (non-hydrogen) atoms. The zero-order valence-electron chi connectivity index (χ0n) is 12.6. The molecule has 1 atom stereocenters. The van der Waals surface area contributed by atoms with Crippen molar-refractivity contribution in [1.29, 1.82) is 0 Å². The lowest BCUT2D eigenvalue weighted by atomic mass is 10.1. The lowest BCUT2D eigenvalue weighted by Gasteiger charge is -2.14. The van der Waals surface area contributed by atoms with E-state index in [1.54, 1.807) is 43.0 Å². The highest BCUT2D eigenvalue weighted by molar-refractivity contribution is 5.96. The van der Waals surface area contributed by atoms with Gasteiger partial charge in [-0.15, -0.1) is 0 Å². The van der Waals surface area contributed by atoms with Crippen LogP contribution < -0.4 is 10.6 Å². The summed E-state index contributed by atoms with van der Waals surface area (Å²) in [7, 11) is 3.55. The van der Waals surface area contributed by atoms with Crippen LogP contribution in [-0.2, 0) is 11.8 Å². The van der Waals surface area contributed by atoms with Gasteiger partial charge in [0, 0.05) is 31.4 Å². The molecule has 1 aromatic carbocycles. The molecular weight excluding hydrogens is 282 g/mol. The van der Waals surface area contributed by atoms with Crippen LogP contribution >= 0.6 is 0 Å². The summed E-state index contributed by atoms with van der Waals surface area (Å²) in [4.78, 5) is 16.7. The summed E-state index contributed by atoms with van der Waals surface area (Å²) >= 11 is 0. The monoisotopic (exact) mass is 299 g/mol. The van der Waals surface area contributed by atoms with Crippen molar-refractivity contribution in [3.8, 4) is 0 Å². The Hall–Kier alpha value is -2.67. The van der Waals surface area contributed by atoms with E-state index >= 15 is 0 Å². The quantitative estimate of drug-likeness (QED) is 0.767. The van der Waals surface area contributed by atoms with E-state index in [1.165, 1.54) is 0 Å². The Kier molecular flexibility index (Phi) is 3.64. The van der Waals surface area contributed by atoms with Crippen LogP contribution in [-0.4, -0.2) is 27.7 Å². The highest BCUT2D eigenvalue weighted by Gasteiger charge is 2.20. The predicted molar refractivity (Wildman–Crippen MR) is 82.4 cm³/mol. The topological polar surface area (TPSA) is 85.0 Å². The van der Waals surface area contributed by atoms with Crippen LogP contribution in [0.2, 0.25) is 0 Å². The van der Waals surface area contributed by atoms with E-state index in [0.29, 0.717) is 17.2 Å². The Labute approximate surface area is 127 Å². The van der Waals surface area contributed by atoms with Gasteiger partial charge in [-0.25, -0.2) is 4.98 Å². The van der Waals surface area contributed by atoms with Gasteiger partial charge in [0.05, 0.1) is 6.20 Å². The molecule has 7 heteroatoms. The second-order valence-electron chi connectivity index (χ2n) is 5.07. The van der Waals surface area contributed by atoms with Crippen LogP contribution in [0.4, 0.5) is 5.69 Å². The molecule has 0 bridgehead atoms. The number of oxazole rings is 1. The van der Waals surface area contributed by atoms with Gasteiger partial charge < -0.3 is 15.1 Å². The number of benzene rings is 1. The number of amides is 1. The average molecular weight is 299 g/mol. The molecular formula is C15H17N5O2. The number of likely N-dealkylation sites (N-methyl/N-ethyl adjacent to an activating group) is 1. The highest BCUT2D eigenvalue weighted by Crippen LogP contribution is 2.21. The molecule has 0 fully saturated rings. The summed E-state index contributed by atoms with van der Waals surface area (Å²) in [5.74, 6) is 0.442. The van der Waals surface area contributed by atoms with Crippen molar-refractivity contribution in [2.75, 3.05) is 12.4 Å². The van der Waals surface area contributed by atoms with E-state index in [0.717, 1.165) is 11.1 Å². The van der Waals surface area contributed by atoms with Crippen molar-refractivity contribution in [3.05, 3.63) is 42.0 Å². The number of aromatic nitrogens is 3. The molecule has 1 amide bonds. The Bertz CT molecular complexity index is 820. The van der Waals surface area contributed by atoms with Gasteiger partial charge in [-0.1, -0.05) is 0 Å². The molecule has 0 aliphatic rings. The van der Waals surface area contributed by atoms with E-state index in [9.17, 15) is 4.79 Å². The van der Waals surface area contributed by atoms with Gasteiger partial charge >= 0.3 is 0 Å². The van der Waals surface area contributed by atoms with Gasteiger partial charge in [-0.2, -0.15) is 5.10 Å². The molecule has 114 valence electrons. The van der Waals surface area contributed by atoms with Crippen molar-refractivity contribution in [2.45, 2.75) is 13.0 Å². The number of fused-ring (bicyclic) bond motifs is 1. The lowest BCUT2D eigenvalue weighted by molar-refractivity contribution is -0.118. The van der Waals surface area contributed by atoms with Crippen LogP contribution in [0, 0.1) is 6.92 Å². The number of rotatable bonds is 4. The summed E-state index contributed by atoms with van der Waals surface area (Å²) in [6, 6.07) is 4.91. The molecule has 2 aromatic heterocycles.